The number of hydrogen-bond acceptors (Lipinski definition) is 3. The number of Topliss-reactive ketones (excluding diaryl/α,β-unsaturated/α-hetero) is 1. The van der Waals surface area contributed by atoms with Crippen LogP contribution in [-0.2, 0) is 0 Å². The highest BCUT2D eigenvalue weighted by molar-refractivity contribution is 5.99. The van der Waals surface area contributed by atoms with E-state index in [4.69, 9.17) is 10.5 Å². The summed E-state index contributed by atoms with van der Waals surface area (Å²) < 4.78 is 5.32. The van der Waals surface area contributed by atoms with E-state index in [1.165, 1.54) is 0 Å². The van der Waals surface area contributed by atoms with Gasteiger partial charge in [-0.25, -0.2) is 0 Å². The number of carbonyl (C=O) groups excluding carboxylic acids is 1. The van der Waals surface area contributed by atoms with Crippen LogP contribution in [0.25, 0.3) is 0 Å². The van der Waals surface area contributed by atoms with Crippen LogP contribution in [0.3, 0.4) is 0 Å². The Bertz CT molecular complexity index is 485. The summed E-state index contributed by atoms with van der Waals surface area (Å²) in [6.45, 7) is 9.80. The number of methoxy groups -OCH3 is 1. The van der Waals surface area contributed by atoms with E-state index in [0.29, 0.717) is 12.8 Å². The normalized spacial score (nSPS) is 11.5. The molecule has 0 radical (unpaired) electrons. The highest BCUT2D eigenvalue weighted by Gasteiger charge is 2.19. The molecule has 0 unspecified atom stereocenters. The van der Waals surface area contributed by atoms with Crippen LogP contribution in [-0.4, -0.2) is 18.4 Å². The molecule has 2 N–H and O–H groups in total. The first kappa shape index (κ1) is 15.7. The molecule has 3 nitrogen and oxygen atoms in total. The molecular weight excluding hydrogens is 238 g/mol. The topological polar surface area (TPSA) is 52.3 Å². The number of hydrogen-bond donors (Lipinski definition) is 1. The van der Waals surface area contributed by atoms with Crippen LogP contribution >= 0.6 is 0 Å². The molecular formula is C16H25NO2. The third-order valence-corrected chi connectivity index (χ3v) is 3.54. The third-order valence-electron chi connectivity index (χ3n) is 3.54. The fourth-order valence-corrected chi connectivity index (χ4v) is 2.25. The van der Waals surface area contributed by atoms with Crippen LogP contribution in [0, 0.1) is 20.8 Å². The zero-order valence-corrected chi connectivity index (χ0v) is 12.9. The molecule has 0 bridgehead atoms. The van der Waals surface area contributed by atoms with E-state index in [2.05, 4.69) is 0 Å². The lowest BCUT2D eigenvalue weighted by Crippen LogP contribution is -2.32. The maximum atomic E-state index is 12.4. The standard InChI is InChI=1S/C16H25NO2/c1-10-9-14(19-6)11(2)12(3)15(10)13(18)7-8-16(4,5)17/h9H,7-8,17H2,1-6H3. The lowest BCUT2D eigenvalue weighted by atomic mass is 9.90. The second-order valence-corrected chi connectivity index (χ2v) is 5.93. The van der Waals surface area contributed by atoms with Gasteiger partial charge in [-0.2, -0.15) is 0 Å². The number of aryl methyl sites for hydroxylation is 1. The minimum Gasteiger partial charge on any atom is -0.496 e. The van der Waals surface area contributed by atoms with Crippen LogP contribution in [0.4, 0.5) is 0 Å². The Morgan fingerprint density at radius 1 is 1.26 bits per heavy atom. The number of ether oxygens (including phenoxy) is 1. The predicted molar refractivity (Wildman–Crippen MR) is 79.0 cm³/mol. The molecule has 0 aliphatic heterocycles. The molecule has 1 aromatic rings. The number of ketones is 1. The van der Waals surface area contributed by atoms with Crippen molar-refractivity contribution in [3.63, 3.8) is 0 Å². The number of nitrogens with two attached hydrogens (primary N) is 1. The Hall–Kier alpha value is -1.35. The lowest BCUT2D eigenvalue weighted by molar-refractivity contribution is 0.0971. The maximum absolute atomic E-state index is 12.4. The van der Waals surface area contributed by atoms with Crippen LogP contribution in [0.2, 0.25) is 0 Å². The van der Waals surface area contributed by atoms with Crippen molar-refractivity contribution in [1.29, 1.82) is 0 Å². The van der Waals surface area contributed by atoms with Crippen molar-refractivity contribution in [2.45, 2.75) is 53.0 Å². The molecule has 0 fully saturated rings. The summed E-state index contributed by atoms with van der Waals surface area (Å²) in [6, 6.07) is 1.93. The van der Waals surface area contributed by atoms with Crippen molar-refractivity contribution in [2.24, 2.45) is 5.73 Å². The largest absolute Gasteiger partial charge is 0.496 e. The summed E-state index contributed by atoms with van der Waals surface area (Å²) in [6.07, 6.45) is 1.17. The molecule has 0 heterocycles. The first-order valence-electron chi connectivity index (χ1n) is 6.64. The van der Waals surface area contributed by atoms with Gasteiger partial charge in [-0.05, 0) is 63.8 Å². The van der Waals surface area contributed by atoms with Gasteiger partial charge in [0.25, 0.3) is 0 Å². The average molecular weight is 263 g/mol. The first-order chi connectivity index (χ1) is 8.67. The van der Waals surface area contributed by atoms with Crippen molar-refractivity contribution >= 4 is 5.78 Å². The molecule has 1 rings (SSSR count). The SMILES string of the molecule is COc1cc(C)c(C(=O)CCC(C)(C)N)c(C)c1C. The minimum atomic E-state index is -0.307. The van der Waals surface area contributed by atoms with E-state index in [1.807, 2.05) is 40.7 Å². The van der Waals surface area contributed by atoms with E-state index >= 15 is 0 Å². The Morgan fingerprint density at radius 3 is 2.32 bits per heavy atom. The molecule has 0 saturated carbocycles. The van der Waals surface area contributed by atoms with Crippen molar-refractivity contribution < 1.29 is 9.53 Å². The minimum absolute atomic E-state index is 0.166. The summed E-state index contributed by atoms with van der Waals surface area (Å²) in [4.78, 5) is 12.4. The summed E-state index contributed by atoms with van der Waals surface area (Å²) in [5, 5.41) is 0. The van der Waals surface area contributed by atoms with E-state index in [0.717, 1.165) is 28.0 Å². The molecule has 0 saturated heterocycles. The quantitative estimate of drug-likeness (QED) is 0.829. The van der Waals surface area contributed by atoms with Crippen molar-refractivity contribution in [1.82, 2.24) is 0 Å². The Balaban J connectivity index is 3.07. The second-order valence-electron chi connectivity index (χ2n) is 5.93. The third kappa shape index (κ3) is 3.80. The van der Waals surface area contributed by atoms with Crippen LogP contribution in [0.5, 0.6) is 5.75 Å². The van der Waals surface area contributed by atoms with Crippen molar-refractivity contribution in [2.75, 3.05) is 7.11 Å². The van der Waals surface area contributed by atoms with E-state index in [1.54, 1.807) is 7.11 Å². The molecule has 1 aromatic carbocycles. The van der Waals surface area contributed by atoms with Gasteiger partial charge < -0.3 is 10.5 Å². The Labute approximate surface area is 116 Å². The Morgan fingerprint density at radius 2 is 1.84 bits per heavy atom. The fraction of sp³-hybridized carbons (Fsp3) is 0.562. The smallest absolute Gasteiger partial charge is 0.163 e. The molecule has 3 heteroatoms. The Kier molecular flexibility index (Phi) is 4.75. The molecule has 19 heavy (non-hydrogen) atoms. The zero-order valence-electron chi connectivity index (χ0n) is 12.9. The summed E-state index contributed by atoms with van der Waals surface area (Å²) in [7, 11) is 1.65. The molecule has 0 amide bonds. The van der Waals surface area contributed by atoms with Gasteiger partial charge in [-0.1, -0.05) is 0 Å². The van der Waals surface area contributed by atoms with Gasteiger partial charge in [-0.3, -0.25) is 4.79 Å². The van der Waals surface area contributed by atoms with Gasteiger partial charge in [-0.15, -0.1) is 0 Å². The van der Waals surface area contributed by atoms with Gasteiger partial charge in [0, 0.05) is 17.5 Å². The lowest BCUT2D eigenvalue weighted by Gasteiger charge is -2.19. The van der Waals surface area contributed by atoms with Gasteiger partial charge in [0.2, 0.25) is 0 Å². The summed E-state index contributed by atoms with van der Waals surface area (Å²) in [5.41, 5.74) is 9.47. The van der Waals surface area contributed by atoms with Gasteiger partial charge in [0.15, 0.2) is 5.78 Å². The average Bonchev–Trinajstić information content (AvgIpc) is 2.30. The molecule has 0 aliphatic rings. The van der Waals surface area contributed by atoms with Crippen molar-refractivity contribution in [3.05, 3.63) is 28.3 Å². The van der Waals surface area contributed by atoms with Gasteiger partial charge in [0.05, 0.1) is 7.11 Å². The number of carbonyl (C=O) groups is 1. The van der Waals surface area contributed by atoms with Gasteiger partial charge >= 0.3 is 0 Å². The summed E-state index contributed by atoms with van der Waals surface area (Å²) >= 11 is 0. The van der Waals surface area contributed by atoms with Crippen LogP contribution in [0.15, 0.2) is 6.07 Å². The fourth-order valence-electron chi connectivity index (χ4n) is 2.25. The molecule has 0 atom stereocenters. The van der Waals surface area contributed by atoms with E-state index in [9.17, 15) is 4.79 Å². The van der Waals surface area contributed by atoms with Crippen LogP contribution in [0.1, 0.15) is 53.7 Å². The number of rotatable bonds is 5. The maximum Gasteiger partial charge on any atom is 0.163 e. The molecule has 106 valence electrons. The van der Waals surface area contributed by atoms with Gasteiger partial charge in [0.1, 0.15) is 5.75 Å². The number of benzene rings is 1. The summed E-state index contributed by atoms with van der Waals surface area (Å²) in [5.74, 6) is 1.00. The van der Waals surface area contributed by atoms with E-state index < -0.39 is 0 Å². The second kappa shape index (κ2) is 5.74. The highest BCUT2D eigenvalue weighted by Crippen LogP contribution is 2.28. The first-order valence-corrected chi connectivity index (χ1v) is 6.64. The van der Waals surface area contributed by atoms with E-state index in [-0.39, 0.29) is 11.3 Å². The highest BCUT2D eigenvalue weighted by atomic mass is 16.5. The monoisotopic (exact) mass is 263 g/mol. The molecule has 0 spiro atoms. The van der Waals surface area contributed by atoms with Crippen molar-refractivity contribution in [3.8, 4) is 5.75 Å². The predicted octanol–water partition coefficient (Wildman–Crippen LogP) is 3.32. The van der Waals surface area contributed by atoms with Crippen LogP contribution < -0.4 is 10.5 Å². The molecule has 0 aromatic heterocycles. The molecule has 0 aliphatic carbocycles. The zero-order chi connectivity index (χ0) is 14.8.